The van der Waals surface area contributed by atoms with Gasteiger partial charge in [-0.1, -0.05) is 29.8 Å². The quantitative estimate of drug-likeness (QED) is 0.757. The fourth-order valence-corrected chi connectivity index (χ4v) is 2.65. The standard InChI is InChI=1S/C18H20ClN3O5/c1-4-26-18(25)20-15(23)10-27-17(24)16-11(2)21-22(12(16)3)9-13-7-5-6-8-14(13)19/h5-8H,4,9-10H2,1-3H3,(H,20,23,25). The van der Waals surface area contributed by atoms with E-state index in [1.165, 1.54) is 0 Å². The summed E-state index contributed by atoms with van der Waals surface area (Å²) < 4.78 is 11.2. The molecule has 1 aromatic heterocycles. The normalized spacial score (nSPS) is 10.4. The average Bonchev–Trinajstić information content (AvgIpc) is 2.88. The zero-order valence-corrected chi connectivity index (χ0v) is 16.0. The number of nitrogens with zero attached hydrogens (tertiary/aromatic N) is 2. The lowest BCUT2D eigenvalue weighted by Crippen LogP contribution is -2.34. The molecular formula is C18H20ClN3O5. The van der Waals surface area contributed by atoms with Gasteiger partial charge in [-0.3, -0.25) is 14.8 Å². The Kier molecular flexibility index (Phi) is 6.95. The summed E-state index contributed by atoms with van der Waals surface area (Å²) in [5.41, 5.74) is 2.18. The van der Waals surface area contributed by atoms with Gasteiger partial charge in [0, 0.05) is 5.02 Å². The molecule has 0 aliphatic rings. The van der Waals surface area contributed by atoms with E-state index in [1.807, 2.05) is 23.5 Å². The molecule has 0 aliphatic heterocycles. The SMILES string of the molecule is CCOC(=O)NC(=O)COC(=O)c1c(C)nn(Cc2ccccc2Cl)c1C. The number of hydrogen-bond donors (Lipinski definition) is 1. The van der Waals surface area contributed by atoms with E-state index < -0.39 is 24.6 Å². The van der Waals surface area contributed by atoms with Gasteiger partial charge in [-0.05, 0) is 32.4 Å². The van der Waals surface area contributed by atoms with Gasteiger partial charge in [0.1, 0.15) is 5.56 Å². The summed E-state index contributed by atoms with van der Waals surface area (Å²) in [5, 5.41) is 6.90. The van der Waals surface area contributed by atoms with Gasteiger partial charge in [0.05, 0.1) is 24.5 Å². The molecule has 0 aliphatic carbocycles. The molecule has 1 aromatic carbocycles. The van der Waals surface area contributed by atoms with Crippen LogP contribution in [0.25, 0.3) is 0 Å². The Bertz CT molecular complexity index is 863. The molecule has 0 fully saturated rings. The second-order valence-electron chi connectivity index (χ2n) is 5.64. The Hall–Kier alpha value is -2.87. The van der Waals surface area contributed by atoms with Gasteiger partial charge in [0.15, 0.2) is 6.61 Å². The largest absolute Gasteiger partial charge is 0.452 e. The molecule has 144 valence electrons. The number of benzene rings is 1. The smallest absolute Gasteiger partial charge is 0.413 e. The number of halogens is 1. The molecule has 9 heteroatoms. The van der Waals surface area contributed by atoms with Crippen LogP contribution in [0.15, 0.2) is 24.3 Å². The van der Waals surface area contributed by atoms with Crippen molar-refractivity contribution in [2.24, 2.45) is 0 Å². The van der Waals surface area contributed by atoms with Crippen LogP contribution < -0.4 is 5.32 Å². The number of alkyl carbamates (subject to hydrolysis) is 1. The minimum atomic E-state index is -0.890. The Morgan fingerprint density at radius 3 is 2.56 bits per heavy atom. The predicted octanol–water partition coefficient (Wildman–Crippen LogP) is 2.63. The zero-order valence-electron chi connectivity index (χ0n) is 15.2. The number of hydrogen-bond acceptors (Lipinski definition) is 6. The molecule has 2 rings (SSSR count). The molecule has 0 unspecified atom stereocenters. The lowest BCUT2D eigenvalue weighted by atomic mass is 10.2. The van der Waals surface area contributed by atoms with E-state index in [4.69, 9.17) is 16.3 Å². The van der Waals surface area contributed by atoms with Crippen molar-refractivity contribution in [2.75, 3.05) is 13.2 Å². The zero-order chi connectivity index (χ0) is 20.0. The van der Waals surface area contributed by atoms with Crippen molar-refractivity contribution in [3.63, 3.8) is 0 Å². The molecule has 1 heterocycles. The van der Waals surface area contributed by atoms with Gasteiger partial charge in [-0.15, -0.1) is 0 Å². The van der Waals surface area contributed by atoms with Crippen LogP contribution in [0, 0.1) is 13.8 Å². The van der Waals surface area contributed by atoms with E-state index >= 15 is 0 Å². The summed E-state index contributed by atoms with van der Waals surface area (Å²) in [6.07, 6.45) is -0.890. The Balaban J connectivity index is 2.05. The molecule has 0 saturated carbocycles. The molecule has 2 aromatic rings. The summed E-state index contributed by atoms with van der Waals surface area (Å²) in [5.74, 6) is -1.48. The molecule has 1 N–H and O–H groups in total. The van der Waals surface area contributed by atoms with Crippen LogP contribution in [0.3, 0.4) is 0 Å². The van der Waals surface area contributed by atoms with Crippen molar-refractivity contribution in [1.29, 1.82) is 0 Å². The number of amides is 2. The Morgan fingerprint density at radius 1 is 1.19 bits per heavy atom. The van der Waals surface area contributed by atoms with Crippen LogP contribution in [-0.2, 0) is 20.8 Å². The first-order chi connectivity index (χ1) is 12.8. The fraction of sp³-hybridized carbons (Fsp3) is 0.333. The maximum absolute atomic E-state index is 12.3. The molecule has 8 nitrogen and oxygen atoms in total. The number of esters is 1. The van der Waals surface area contributed by atoms with E-state index in [9.17, 15) is 14.4 Å². The van der Waals surface area contributed by atoms with Crippen LogP contribution in [-0.4, -0.2) is 41.0 Å². The molecular weight excluding hydrogens is 374 g/mol. The maximum atomic E-state index is 12.3. The van der Waals surface area contributed by atoms with Gasteiger partial charge < -0.3 is 9.47 Å². The summed E-state index contributed by atoms with van der Waals surface area (Å²) in [7, 11) is 0. The molecule has 0 radical (unpaired) electrons. The van der Waals surface area contributed by atoms with Crippen LogP contribution >= 0.6 is 11.6 Å². The third kappa shape index (κ3) is 5.30. The molecule has 2 amide bonds. The predicted molar refractivity (Wildman–Crippen MR) is 97.7 cm³/mol. The average molecular weight is 394 g/mol. The van der Waals surface area contributed by atoms with Crippen LogP contribution in [0.1, 0.15) is 34.2 Å². The lowest BCUT2D eigenvalue weighted by Gasteiger charge is -2.08. The highest BCUT2D eigenvalue weighted by atomic mass is 35.5. The first-order valence-electron chi connectivity index (χ1n) is 8.24. The van der Waals surface area contributed by atoms with Crippen LogP contribution in [0.4, 0.5) is 4.79 Å². The van der Waals surface area contributed by atoms with Gasteiger partial charge in [-0.2, -0.15) is 5.10 Å². The number of nitrogens with one attached hydrogen (secondary N) is 1. The molecule has 0 bridgehead atoms. The second-order valence-corrected chi connectivity index (χ2v) is 6.05. The lowest BCUT2D eigenvalue weighted by molar-refractivity contribution is -0.123. The number of rotatable bonds is 6. The number of aromatic nitrogens is 2. The van der Waals surface area contributed by atoms with E-state index in [2.05, 4.69) is 9.84 Å². The van der Waals surface area contributed by atoms with Crippen molar-refractivity contribution in [3.05, 3.63) is 51.8 Å². The van der Waals surface area contributed by atoms with Gasteiger partial charge >= 0.3 is 12.1 Å². The molecule has 0 spiro atoms. The monoisotopic (exact) mass is 393 g/mol. The van der Waals surface area contributed by atoms with Crippen molar-refractivity contribution in [1.82, 2.24) is 15.1 Å². The first kappa shape index (κ1) is 20.4. The van der Waals surface area contributed by atoms with Crippen LogP contribution in [0.2, 0.25) is 5.02 Å². The second kappa shape index (κ2) is 9.18. The minimum absolute atomic E-state index is 0.127. The number of ether oxygens (including phenoxy) is 2. The number of carbonyl (C=O) groups excluding carboxylic acids is 3. The molecule has 0 atom stereocenters. The fourth-order valence-electron chi connectivity index (χ4n) is 2.45. The van der Waals surface area contributed by atoms with Gasteiger partial charge in [0.2, 0.25) is 0 Å². The summed E-state index contributed by atoms with van der Waals surface area (Å²) >= 11 is 6.17. The van der Waals surface area contributed by atoms with Crippen molar-refractivity contribution >= 4 is 29.6 Å². The van der Waals surface area contributed by atoms with Crippen LogP contribution in [0.5, 0.6) is 0 Å². The Labute approximate surface area is 161 Å². The van der Waals surface area contributed by atoms with E-state index in [1.54, 1.807) is 31.5 Å². The highest BCUT2D eigenvalue weighted by molar-refractivity contribution is 6.31. The Morgan fingerprint density at radius 2 is 1.89 bits per heavy atom. The highest BCUT2D eigenvalue weighted by Crippen LogP contribution is 2.20. The third-order valence-electron chi connectivity index (χ3n) is 3.71. The van der Waals surface area contributed by atoms with E-state index in [-0.39, 0.29) is 12.2 Å². The van der Waals surface area contributed by atoms with Crippen molar-refractivity contribution in [3.8, 4) is 0 Å². The first-order valence-corrected chi connectivity index (χ1v) is 8.62. The maximum Gasteiger partial charge on any atom is 0.413 e. The summed E-state index contributed by atoms with van der Waals surface area (Å²) in [4.78, 5) is 35.1. The number of imide groups is 1. The highest BCUT2D eigenvalue weighted by Gasteiger charge is 2.21. The van der Waals surface area contributed by atoms with E-state index in [0.29, 0.717) is 23.0 Å². The van der Waals surface area contributed by atoms with Crippen molar-refractivity contribution < 1.29 is 23.9 Å². The summed E-state index contributed by atoms with van der Waals surface area (Å²) in [6, 6.07) is 7.35. The third-order valence-corrected chi connectivity index (χ3v) is 4.08. The van der Waals surface area contributed by atoms with E-state index in [0.717, 1.165) is 5.56 Å². The number of carbonyl (C=O) groups is 3. The number of aryl methyl sites for hydroxylation is 1. The molecule has 27 heavy (non-hydrogen) atoms. The van der Waals surface area contributed by atoms with Gasteiger partial charge in [0.25, 0.3) is 5.91 Å². The van der Waals surface area contributed by atoms with Gasteiger partial charge in [-0.25, -0.2) is 9.59 Å². The molecule has 0 saturated heterocycles. The van der Waals surface area contributed by atoms with Crippen molar-refractivity contribution in [2.45, 2.75) is 27.3 Å². The topological polar surface area (TPSA) is 99.5 Å². The summed E-state index contributed by atoms with van der Waals surface area (Å²) in [6.45, 7) is 4.92. The minimum Gasteiger partial charge on any atom is -0.452 e.